The summed E-state index contributed by atoms with van der Waals surface area (Å²) in [5.74, 6) is -0.441. The van der Waals surface area contributed by atoms with E-state index in [9.17, 15) is 9.59 Å². The Morgan fingerprint density at radius 1 is 1.53 bits per heavy atom. The van der Waals surface area contributed by atoms with E-state index in [2.05, 4.69) is 10.6 Å². The number of hydrazine groups is 1. The molecule has 19 heavy (non-hydrogen) atoms. The van der Waals surface area contributed by atoms with E-state index < -0.39 is 12.0 Å². The first-order valence-electron chi connectivity index (χ1n) is 5.88. The van der Waals surface area contributed by atoms with Gasteiger partial charge >= 0.3 is 6.09 Å². The second kappa shape index (κ2) is 4.23. The molecule has 2 aliphatic heterocycles. The van der Waals surface area contributed by atoms with Gasteiger partial charge in [-0.25, -0.2) is 9.80 Å². The fraction of sp³-hybridized carbons (Fsp3) is 0.545. The van der Waals surface area contributed by atoms with E-state index in [1.54, 1.807) is 0 Å². The third-order valence-electron chi connectivity index (χ3n) is 3.22. The van der Waals surface area contributed by atoms with Gasteiger partial charge in [-0.1, -0.05) is 5.16 Å². The summed E-state index contributed by atoms with van der Waals surface area (Å²) < 4.78 is 14.8. The van der Waals surface area contributed by atoms with Crippen LogP contribution in [0.25, 0.3) is 0 Å². The van der Waals surface area contributed by atoms with Gasteiger partial charge in [0.1, 0.15) is 24.1 Å². The highest BCUT2D eigenvalue weighted by Crippen LogP contribution is 2.32. The van der Waals surface area contributed by atoms with Crippen LogP contribution in [0.4, 0.5) is 4.79 Å². The zero-order valence-electron chi connectivity index (χ0n) is 10.3. The summed E-state index contributed by atoms with van der Waals surface area (Å²) in [6, 6.07) is 0. The number of hydrogen-bond donors (Lipinski definition) is 1. The molecule has 2 saturated heterocycles. The molecule has 0 atom stereocenters. The Morgan fingerprint density at radius 2 is 2.32 bits per heavy atom. The smallest absolute Gasteiger partial charge is 0.428 e. The third-order valence-corrected chi connectivity index (χ3v) is 3.22. The van der Waals surface area contributed by atoms with Crippen molar-refractivity contribution in [1.82, 2.24) is 15.6 Å². The minimum atomic E-state index is -0.565. The van der Waals surface area contributed by atoms with Crippen molar-refractivity contribution in [2.45, 2.75) is 12.3 Å². The van der Waals surface area contributed by atoms with Crippen LogP contribution in [0, 0.1) is 0 Å². The zero-order valence-corrected chi connectivity index (χ0v) is 10.3. The fourth-order valence-corrected chi connectivity index (χ4v) is 2.06. The number of nitrogens with zero attached hydrogens (tertiary/aromatic N) is 2. The number of rotatable bonds is 3. The molecule has 2 amide bonds. The topological polar surface area (TPSA) is 93.9 Å². The monoisotopic (exact) mass is 267 g/mol. The van der Waals surface area contributed by atoms with E-state index in [1.807, 2.05) is 6.92 Å². The third kappa shape index (κ3) is 1.93. The van der Waals surface area contributed by atoms with Gasteiger partial charge in [-0.05, 0) is 6.92 Å². The van der Waals surface area contributed by atoms with Gasteiger partial charge in [0.15, 0.2) is 0 Å². The molecule has 2 fully saturated rings. The summed E-state index contributed by atoms with van der Waals surface area (Å²) in [6.07, 6.45) is 0.708. The highest BCUT2D eigenvalue weighted by Gasteiger charge is 2.41. The molecule has 0 radical (unpaired) electrons. The predicted octanol–water partition coefficient (Wildman–Crippen LogP) is 0.0595. The van der Waals surface area contributed by atoms with Gasteiger partial charge in [-0.3, -0.25) is 10.2 Å². The van der Waals surface area contributed by atoms with E-state index in [1.165, 1.54) is 6.26 Å². The molecule has 3 rings (SSSR count). The van der Waals surface area contributed by atoms with Crippen molar-refractivity contribution >= 4 is 12.0 Å². The lowest BCUT2D eigenvalue weighted by Crippen LogP contribution is -2.47. The molecule has 0 unspecified atom stereocenters. The number of hydrogen-bond acceptors (Lipinski definition) is 6. The highest BCUT2D eigenvalue weighted by atomic mass is 16.6. The van der Waals surface area contributed by atoms with E-state index >= 15 is 0 Å². The van der Waals surface area contributed by atoms with Crippen molar-refractivity contribution in [3.63, 3.8) is 0 Å². The molecule has 8 heteroatoms. The number of cyclic esters (lactones) is 1. The molecule has 0 aliphatic carbocycles. The number of aromatic nitrogens is 1. The summed E-state index contributed by atoms with van der Waals surface area (Å²) in [6.45, 7) is 3.51. The molecular weight excluding hydrogens is 254 g/mol. The molecule has 0 bridgehead atoms. The Kier molecular flexibility index (Phi) is 2.67. The van der Waals surface area contributed by atoms with Crippen molar-refractivity contribution in [2.75, 3.05) is 26.4 Å². The molecule has 1 N–H and O–H groups in total. The van der Waals surface area contributed by atoms with Crippen LogP contribution in [0.2, 0.25) is 0 Å². The highest BCUT2D eigenvalue weighted by molar-refractivity contribution is 5.96. The second-order valence-electron chi connectivity index (χ2n) is 4.84. The average Bonchev–Trinajstić information content (AvgIpc) is 2.96. The summed E-state index contributed by atoms with van der Waals surface area (Å²) in [5, 5.41) is 5.00. The Balaban J connectivity index is 1.77. The van der Waals surface area contributed by atoms with Crippen molar-refractivity contribution in [3.05, 3.63) is 17.5 Å². The second-order valence-corrected chi connectivity index (χ2v) is 4.84. The van der Waals surface area contributed by atoms with Crippen LogP contribution in [0.3, 0.4) is 0 Å². The van der Waals surface area contributed by atoms with Crippen LogP contribution in [0.15, 0.2) is 10.8 Å². The van der Waals surface area contributed by atoms with Crippen molar-refractivity contribution in [3.8, 4) is 0 Å². The summed E-state index contributed by atoms with van der Waals surface area (Å²) in [5.41, 5.74) is 3.01. The summed E-state index contributed by atoms with van der Waals surface area (Å²) in [7, 11) is 0. The van der Waals surface area contributed by atoms with Gasteiger partial charge < -0.3 is 14.0 Å². The van der Waals surface area contributed by atoms with Crippen LogP contribution >= 0.6 is 0 Å². The first-order valence-corrected chi connectivity index (χ1v) is 5.88. The van der Waals surface area contributed by atoms with Crippen molar-refractivity contribution in [2.24, 2.45) is 0 Å². The number of nitrogens with one attached hydrogen (secondary N) is 1. The Bertz CT molecular complexity index is 522. The first kappa shape index (κ1) is 12.0. The molecule has 0 spiro atoms. The van der Waals surface area contributed by atoms with Crippen LogP contribution in [-0.4, -0.2) is 48.5 Å². The normalized spacial score (nSPS) is 20.9. The van der Waals surface area contributed by atoms with Gasteiger partial charge in [0.2, 0.25) is 0 Å². The lowest BCUT2D eigenvalue weighted by Gasteiger charge is -2.36. The molecule has 102 valence electrons. The molecule has 0 saturated carbocycles. The van der Waals surface area contributed by atoms with E-state index in [0.717, 1.165) is 5.01 Å². The molecule has 8 nitrogen and oxygen atoms in total. The number of amides is 2. The van der Waals surface area contributed by atoms with Gasteiger partial charge in [0, 0.05) is 0 Å². The lowest BCUT2D eigenvalue weighted by molar-refractivity contribution is -0.0535. The predicted molar refractivity (Wildman–Crippen MR) is 60.2 cm³/mol. The van der Waals surface area contributed by atoms with Gasteiger partial charge in [0.05, 0.1) is 25.2 Å². The van der Waals surface area contributed by atoms with Gasteiger partial charge in [-0.15, -0.1) is 0 Å². The SMILES string of the molecule is CC1(c2nocc2C(=O)NN2CCOC2=O)COC1. The van der Waals surface area contributed by atoms with Crippen LogP contribution < -0.4 is 5.43 Å². The van der Waals surface area contributed by atoms with E-state index in [-0.39, 0.29) is 12.0 Å². The van der Waals surface area contributed by atoms with Gasteiger partial charge in [-0.2, -0.15) is 0 Å². The average molecular weight is 267 g/mol. The molecular formula is C11H13N3O5. The molecule has 0 aromatic carbocycles. The first-order chi connectivity index (χ1) is 9.10. The largest absolute Gasteiger partial charge is 0.446 e. The summed E-state index contributed by atoms with van der Waals surface area (Å²) in [4.78, 5) is 23.4. The van der Waals surface area contributed by atoms with Crippen molar-refractivity contribution in [1.29, 1.82) is 0 Å². The molecule has 3 heterocycles. The lowest BCUT2D eigenvalue weighted by atomic mass is 9.83. The zero-order chi connectivity index (χ0) is 13.5. The van der Waals surface area contributed by atoms with Crippen molar-refractivity contribution < 1.29 is 23.6 Å². The Hall–Kier alpha value is -2.09. The molecule has 1 aromatic heterocycles. The van der Waals surface area contributed by atoms with Crippen LogP contribution in [0.5, 0.6) is 0 Å². The Morgan fingerprint density at radius 3 is 2.89 bits per heavy atom. The number of ether oxygens (including phenoxy) is 2. The molecule has 1 aromatic rings. The Labute approximate surface area is 108 Å². The minimum Gasteiger partial charge on any atom is -0.446 e. The number of carbonyl (C=O) groups is 2. The van der Waals surface area contributed by atoms with Gasteiger partial charge in [0.25, 0.3) is 5.91 Å². The van der Waals surface area contributed by atoms with Crippen LogP contribution in [0.1, 0.15) is 23.0 Å². The minimum absolute atomic E-state index is 0.265. The maximum atomic E-state index is 12.1. The van der Waals surface area contributed by atoms with E-state index in [4.69, 9.17) is 14.0 Å². The van der Waals surface area contributed by atoms with Crippen LogP contribution in [-0.2, 0) is 14.9 Å². The summed E-state index contributed by atoms with van der Waals surface area (Å²) >= 11 is 0. The maximum Gasteiger partial charge on any atom is 0.428 e. The maximum absolute atomic E-state index is 12.1. The molecule has 2 aliphatic rings. The fourth-order valence-electron chi connectivity index (χ4n) is 2.06. The standard InChI is InChI=1S/C11H13N3O5/c1-11(5-17-6-11)8-7(4-19-13-8)9(15)12-14-2-3-18-10(14)16/h4H,2-3,5-6H2,1H3,(H,12,15). The number of carbonyl (C=O) groups excluding carboxylic acids is 2. The van der Waals surface area contributed by atoms with E-state index in [0.29, 0.717) is 31.0 Å². The quantitative estimate of drug-likeness (QED) is 0.832.